The van der Waals surface area contributed by atoms with Gasteiger partial charge in [-0.3, -0.25) is 10.0 Å². The number of halogens is 1. The third-order valence-corrected chi connectivity index (χ3v) is 4.21. The highest BCUT2D eigenvalue weighted by atomic mass is 127. The molecule has 0 aliphatic carbocycles. The molecule has 0 amide bonds. The number of piperazine rings is 1. The van der Waals surface area contributed by atoms with Crippen LogP contribution in [-0.2, 0) is 0 Å². The smallest absolute Gasteiger partial charge is 0.0866 e. The van der Waals surface area contributed by atoms with Crippen molar-refractivity contribution in [3.05, 3.63) is 11.9 Å². The van der Waals surface area contributed by atoms with Crippen molar-refractivity contribution in [3.8, 4) is 0 Å². The van der Waals surface area contributed by atoms with E-state index in [9.17, 15) is 0 Å². The average molecular weight is 310 g/mol. The van der Waals surface area contributed by atoms with Crippen LogP contribution in [0.4, 0.5) is 0 Å². The summed E-state index contributed by atoms with van der Waals surface area (Å²) in [5.74, 6) is 2.22. The molecule has 4 nitrogen and oxygen atoms in total. The van der Waals surface area contributed by atoms with Gasteiger partial charge in [0, 0.05) is 42.2 Å². The summed E-state index contributed by atoms with van der Waals surface area (Å²) < 4.78 is 2.34. The Kier molecular flexibility index (Phi) is 2.11. The largest absolute Gasteiger partial charge is 0.287 e. The number of hydrogen-bond acceptors (Lipinski definition) is 5. The molecular formula is C7H11IN4S. The number of rotatable bonds is 0. The minimum absolute atomic E-state index is 1.08. The van der Waals surface area contributed by atoms with Crippen LogP contribution in [0.25, 0.3) is 0 Å². The lowest BCUT2D eigenvalue weighted by Crippen LogP contribution is -2.47. The molecule has 0 aromatic carbocycles. The third kappa shape index (κ3) is 1.34. The second-order valence-electron chi connectivity index (χ2n) is 3.36. The third-order valence-electron chi connectivity index (χ3n) is 2.52. The van der Waals surface area contributed by atoms with Crippen LogP contribution < -0.4 is 0 Å². The highest BCUT2D eigenvalue weighted by Crippen LogP contribution is 2.32. The fourth-order valence-electron chi connectivity index (χ4n) is 1.90. The highest BCUT2D eigenvalue weighted by Gasteiger charge is 2.36. The van der Waals surface area contributed by atoms with E-state index in [-0.39, 0.29) is 0 Å². The van der Waals surface area contributed by atoms with Gasteiger partial charge in [0.15, 0.2) is 0 Å². The van der Waals surface area contributed by atoms with E-state index < -0.39 is 0 Å². The SMILES string of the molecule is IN1CCN2C(=CN3CSCN32)C1. The Bertz CT molecular complexity index is 259. The fraction of sp³-hybridized carbons (Fsp3) is 0.714. The van der Waals surface area contributed by atoms with Crippen LogP contribution in [0.5, 0.6) is 0 Å². The fourth-order valence-corrected chi connectivity index (χ4v) is 3.39. The molecule has 0 spiro atoms. The lowest BCUT2D eigenvalue weighted by Gasteiger charge is -2.36. The molecule has 13 heavy (non-hydrogen) atoms. The Morgan fingerprint density at radius 3 is 3.15 bits per heavy atom. The van der Waals surface area contributed by atoms with E-state index in [2.05, 4.69) is 47.3 Å². The van der Waals surface area contributed by atoms with Crippen molar-refractivity contribution in [1.82, 2.24) is 18.2 Å². The number of thioether (sulfide) groups is 1. The Morgan fingerprint density at radius 1 is 1.31 bits per heavy atom. The van der Waals surface area contributed by atoms with Crippen LogP contribution in [0.15, 0.2) is 11.9 Å². The molecular weight excluding hydrogens is 299 g/mol. The van der Waals surface area contributed by atoms with Gasteiger partial charge in [-0.1, -0.05) is 0 Å². The van der Waals surface area contributed by atoms with Gasteiger partial charge in [-0.25, -0.2) is 3.11 Å². The Labute approximate surface area is 95.9 Å². The van der Waals surface area contributed by atoms with E-state index in [0.29, 0.717) is 0 Å². The second kappa shape index (κ2) is 3.18. The molecule has 72 valence electrons. The number of hydrazine groups is 2. The maximum absolute atomic E-state index is 2.41. The van der Waals surface area contributed by atoms with Crippen molar-refractivity contribution in [2.24, 2.45) is 0 Å². The van der Waals surface area contributed by atoms with Gasteiger partial charge in [0.05, 0.1) is 24.0 Å². The summed E-state index contributed by atoms with van der Waals surface area (Å²) in [7, 11) is 0. The predicted octanol–water partition coefficient (Wildman–Crippen LogP) is 0.905. The molecule has 3 aliphatic heterocycles. The first-order valence-corrected chi connectivity index (χ1v) is 6.47. The first kappa shape index (κ1) is 8.63. The summed E-state index contributed by atoms with van der Waals surface area (Å²) in [6.07, 6.45) is 2.28. The zero-order valence-electron chi connectivity index (χ0n) is 7.19. The van der Waals surface area contributed by atoms with E-state index in [1.54, 1.807) is 0 Å². The van der Waals surface area contributed by atoms with E-state index >= 15 is 0 Å². The molecule has 6 heteroatoms. The second-order valence-corrected chi connectivity index (χ2v) is 5.65. The topological polar surface area (TPSA) is 13.0 Å². The Morgan fingerprint density at radius 2 is 2.23 bits per heavy atom. The maximum Gasteiger partial charge on any atom is 0.0866 e. The van der Waals surface area contributed by atoms with Crippen molar-refractivity contribution in [2.45, 2.75) is 0 Å². The summed E-state index contributed by atoms with van der Waals surface area (Å²) in [6, 6.07) is 0. The number of fused-ring (bicyclic) bond motifs is 3. The van der Waals surface area contributed by atoms with E-state index in [0.717, 1.165) is 31.4 Å². The van der Waals surface area contributed by atoms with Gasteiger partial charge in [0.25, 0.3) is 0 Å². The molecule has 0 N–H and O–H groups in total. The first-order valence-electron chi connectivity index (χ1n) is 4.35. The van der Waals surface area contributed by atoms with Gasteiger partial charge in [-0.05, 0) is 0 Å². The van der Waals surface area contributed by atoms with E-state index in [1.807, 2.05) is 11.8 Å². The van der Waals surface area contributed by atoms with Crippen LogP contribution in [0, 0.1) is 0 Å². The molecule has 2 fully saturated rings. The van der Waals surface area contributed by atoms with Gasteiger partial charge in [0.1, 0.15) is 0 Å². The highest BCUT2D eigenvalue weighted by molar-refractivity contribution is 14.1. The summed E-state index contributed by atoms with van der Waals surface area (Å²) in [4.78, 5) is 0. The Balaban J connectivity index is 1.84. The quantitative estimate of drug-likeness (QED) is 0.486. The molecule has 2 saturated heterocycles. The standard InChI is InChI=1S/C7H11IN4S/c8-9-1-2-11-7(3-9)4-10-5-13-6-12(10)11/h4H,1-3,5-6H2. The van der Waals surface area contributed by atoms with E-state index in [4.69, 9.17) is 0 Å². The first-order chi connectivity index (χ1) is 6.34. The van der Waals surface area contributed by atoms with Crippen molar-refractivity contribution in [1.29, 1.82) is 0 Å². The van der Waals surface area contributed by atoms with Crippen LogP contribution in [0.3, 0.4) is 0 Å². The summed E-state index contributed by atoms with van der Waals surface area (Å²) in [5, 5.41) is 7.08. The molecule has 3 aliphatic rings. The number of nitrogens with zero attached hydrogens (tertiary/aromatic N) is 4. The molecule has 0 atom stereocenters. The molecule has 3 rings (SSSR count). The monoisotopic (exact) mass is 310 g/mol. The van der Waals surface area contributed by atoms with Gasteiger partial charge in [-0.15, -0.1) is 16.9 Å². The van der Waals surface area contributed by atoms with Gasteiger partial charge in [-0.2, -0.15) is 0 Å². The minimum Gasteiger partial charge on any atom is -0.287 e. The zero-order chi connectivity index (χ0) is 8.84. The van der Waals surface area contributed by atoms with Crippen molar-refractivity contribution in [3.63, 3.8) is 0 Å². The molecule has 0 aromatic rings. The van der Waals surface area contributed by atoms with Crippen LogP contribution in [0.1, 0.15) is 0 Å². The molecule has 0 radical (unpaired) electrons. The lowest BCUT2D eigenvalue weighted by atomic mass is 10.3. The van der Waals surface area contributed by atoms with Crippen molar-refractivity contribution < 1.29 is 0 Å². The zero-order valence-corrected chi connectivity index (χ0v) is 10.2. The van der Waals surface area contributed by atoms with Crippen LogP contribution in [-0.4, -0.2) is 49.6 Å². The summed E-state index contributed by atoms with van der Waals surface area (Å²) >= 11 is 4.37. The average Bonchev–Trinajstić information content (AvgIpc) is 2.62. The molecule has 0 aromatic heterocycles. The lowest BCUT2D eigenvalue weighted by molar-refractivity contribution is -0.0838. The maximum atomic E-state index is 2.41. The van der Waals surface area contributed by atoms with Crippen molar-refractivity contribution in [2.75, 3.05) is 31.4 Å². The number of hydrogen-bond donors (Lipinski definition) is 0. The molecule has 0 unspecified atom stereocenters. The molecule has 0 saturated carbocycles. The normalized spacial score (nSPS) is 29.2. The van der Waals surface area contributed by atoms with Crippen LogP contribution >= 0.6 is 34.6 Å². The molecule has 0 bridgehead atoms. The van der Waals surface area contributed by atoms with Gasteiger partial charge >= 0.3 is 0 Å². The summed E-state index contributed by atoms with van der Waals surface area (Å²) in [5.41, 5.74) is 1.45. The predicted molar refractivity (Wildman–Crippen MR) is 61.4 cm³/mol. The van der Waals surface area contributed by atoms with Crippen LogP contribution in [0.2, 0.25) is 0 Å². The van der Waals surface area contributed by atoms with Gasteiger partial charge in [0.2, 0.25) is 0 Å². The van der Waals surface area contributed by atoms with Crippen molar-refractivity contribution >= 4 is 34.6 Å². The summed E-state index contributed by atoms with van der Waals surface area (Å²) in [6.45, 7) is 3.37. The van der Waals surface area contributed by atoms with E-state index in [1.165, 1.54) is 5.70 Å². The Hall–Kier alpha value is 0.340. The van der Waals surface area contributed by atoms with Gasteiger partial charge < -0.3 is 0 Å². The minimum atomic E-state index is 1.08. The molecule has 3 heterocycles.